The van der Waals surface area contributed by atoms with E-state index in [1.165, 1.54) is 0 Å². The highest BCUT2D eigenvalue weighted by atomic mass is 33.1. The van der Waals surface area contributed by atoms with Crippen LogP contribution < -0.4 is 0 Å². The summed E-state index contributed by atoms with van der Waals surface area (Å²) in [5.74, 6) is 2.48. The number of rotatable bonds is 4. The van der Waals surface area contributed by atoms with Crippen molar-refractivity contribution in [2.75, 3.05) is 5.75 Å². The zero-order valence-corrected chi connectivity index (χ0v) is 10.1. The Morgan fingerprint density at radius 3 is 2.40 bits per heavy atom. The molecule has 0 fully saturated rings. The number of benzene rings is 1. The first-order valence-electron chi connectivity index (χ1n) is 4.52. The van der Waals surface area contributed by atoms with Gasteiger partial charge in [-0.2, -0.15) is 0 Å². The average Bonchev–Trinajstić information content (AvgIpc) is 2.26. The van der Waals surface area contributed by atoms with E-state index in [0.29, 0.717) is 4.90 Å². The molecule has 0 radical (unpaired) electrons. The Balaban J connectivity index is 2.92. The van der Waals surface area contributed by atoms with E-state index in [9.17, 15) is 8.42 Å². The van der Waals surface area contributed by atoms with Crippen LogP contribution in [0.1, 0.15) is 12.5 Å². The van der Waals surface area contributed by atoms with Gasteiger partial charge in [0.15, 0.2) is 0 Å². The Morgan fingerprint density at radius 1 is 1.33 bits per heavy atom. The van der Waals surface area contributed by atoms with E-state index < -0.39 is 8.87 Å². The van der Waals surface area contributed by atoms with Gasteiger partial charge in [0.1, 0.15) is 0 Å². The van der Waals surface area contributed by atoms with Gasteiger partial charge in [-0.1, -0.05) is 25.0 Å². The van der Waals surface area contributed by atoms with Crippen LogP contribution in [0, 0.1) is 12.3 Å². The molecule has 0 saturated heterocycles. The highest BCUT2D eigenvalue weighted by molar-refractivity contribution is 8.72. The molecule has 1 rings (SSSR count). The Bertz CT molecular complexity index is 452. The molecule has 80 valence electrons. The molecular weight excluding hydrogens is 228 g/mol. The third-order valence-electron chi connectivity index (χ3n) is 1.92. The van der Waals surface area contributed by atoms with E-state index in [1.54, 1.807) is 12.1 Å². The normalized spacial score (nSPS) is 10.9. The van der Waals surface area contributed by atoms with Crippen LogP contribution in [0.5, 0.6) is 0 Å². The van der Waals surface area contributed by atoms with Crippen LogP contribution >= 0.6 is 10.8 Å². The molecule has 4 heteroatoms. The number of aryl methyl sites for hydroxylation is 1. The van der Waals surface area contributed by atoms with Crippen molar-refractivity contribution in [3.8, 4) is 12.3 Å². The second-order valence-electron chi connectivity index (χ2n) is 2.92. The predicted octanol–water partition coefficient (Wildman–Crippen LogP) is 2.30. The molecule has 0 amide bonds. The number of hydrogen-bond donors (Lipinski definition) is 0. The SMILES string of the molecule is C#CCSS(=O)(=O)c1ccc(CC)cc1. The lowest BCUT2D eigenvalue weighted by Crippen LogP contribution is -1.96. The van der Waals surface area contributed by atoms with Gasteiger partial charge in [0.2, 0.25) is 8.87 Å². The van der Waals surface area contributed by atoms with Crippen LogP contribution in [0.3, 0.4) is 0 Å². The fourth-order valence-corrected chi connectivity index (χ4v) is 3.31. The maximum Gasteiger partial charge on any atom is 0.230 e. The van der Waals surface area contributed by atoms with Crippen molar-refractivity contribution in [3.05, 3.63) is 29.8 Å². The monoisotopic (exact) mass is 240 g/mol. The molecule has 1 aromatic rings. The summed E-state index contributed by atoms with van der Waals surface area (Å²) in [5.41, 5.74) is 1.12. The van der Waals surface area contributed by atoms with E-state index in [2.05, 4.69) is 5.92 Å². The van der Waals surface area contributed by atoms with E-state index in [-0.39, 0.29) is 5.75 Å². The molecule has 0 aromatic heterocycles. The molecule has 0 unspecified atom stereocenters. The van der Waals surface area contributed by atoms with Gasteiger partial charge < -0.3 is 0 Å². The maximum absolute atomic E-state index is 11.7. The van der Waals surface area contributed by atoms with Crippen molar-refractivity contribution in [3.63, 3.8) is 0 Å². The number of terminal acetylenes is 1. The second-order valence-corrected chi connectivity index (χ2v) is 6.85. The minimum Gasteiger partial charge on any atom is -0.212 e. The Kier molecular flexibility index (Phi) is 4.25. The lowest BCUT2D eigenvalue weighted by Gasteiger charge is -2.02. The molecule has 0 aliphatic heterocycles. The zero-order chi connectivity index (χ0) is 11.3. The van der Waals surface area contributed by atoms with Crippen molar-refractivity contribution in [1.29, 1.82) is 0 Å². The van der Waals surface area contributed by atoms with Crippen molar-refractivity contribution in [1.82, 2.24) is 0 Å². The van der Waals surface area contributed by atoms with E-state index in [4.69, 9.17) is 6.42 Å². The molecule has 0 spiro atoms. The summed E-state index contributed by atoms with van der Waals surface area (Å²) in [5, 5.41) is 0. The van der Waals surface area contributed by atoms with Crippen molar-refractivity contribution in [2.24, 2.45) is 0 Å². The molecule has 0 saturated carbocycles. The smallest absolute Gasteiger partial charge is 0.212 e. The van der Waals surface area contributed by atoms with Crippen LogP contribution in [0.25, 0.3) is 0 Å². The van der Waals surface area contributed by atoms with Gasteiger partial charge in [0.05, 0.1) is 10.6 Å². The van der Waals surface area contributed by atoms with Crippen molar-refractivity contribution < 1.29 is 8.42 Å². The first-order chi connectivity index (χ1) is 7.10. The molecule has 0 aliphatic carbocycles. The lowest BCUT2D eigenvalue weighted by molar-refractivity contribution is 0.610. The summed E-state index contributed by atoms with van der Waals surface area (Å²) < 4.78 is 23.3. The fraction of sp³-hybridized carbons (Fsp3) is 0.273. The largest absolute Gasteiger partial charge is 0.230 e. The van der Waals surface area contributed by atoms with Crippen LogP contribution in [0.4, 0.5) is 0 Å². The third kappa shape index (κ3) is 3.29. The molecule has 0 atom stereocenters. The predicted molar refractivity (Wildman–Crippen MR) is 64.3 cm³/mol. The molecule has 1 aromatic carbocycles. The first kappa shape index (κ1) is 12.2. The standard InChI is InChI=1S/C11H12O2S2/c1-3-9-14-15(12,13)11-7-5-10(4-2)6-8-11/h1,5-8H,4,9H2,2H3. The number of hydrogen-bond acceptors (Lipinski definition) is 3. The van der Waals surface area contributed by atoms with Gasteiger partial charge in [-0.3, -0.25) is 0 Å². The van der Waals surface area contributed by atoms with Gasteiger partial charge in [0, 0.05) is 0 Å². The zero-order valence-electron chi connectivity index (χ0n) is 8.43. The average molecular weight is 240 g/mol. The Labute approximate surface area is 94.4 Å². The van der Waals surface area contributed by atoms with Gasteiger partial charge in [-0.05, 0) is 34.9 Å². The first-order valence-corrected chi connectivity index (χ1v) is 7.50. The van der Waals surface area contributed by atoms with E-state index >= 15 is 0 Å². The molecule has 0 heterocycles. The van der Waals surface area contributed by atoms with Gasteiger partial charge in [-0.15, -0.1) is 6.42 Å². The highest BCUT2D eigenvalue weighted by Crippen LogP contribution is 2.23. The van der Waals surface area contributed by atoms with Gasteiger partial charge in [0.25, 0.3) is 0 Å². The quantitative estimate of drug-likeness (QED) is 0.598. The summed E-state index contributed by atoms with van der Waals surface area (Å²) in [4.78, 5) is 0.319. The van der Waals surface area contributed by atoms with E-state index in [1.807, 2.05) is 19.1 Å². The minimum absolute atomic E-state index is 0.178. The molecule has 0 N–H and O–H groups in total. The summed E-state index contributed by atoms with van der Waals surface area (Å²) in [6.07, 6.45) is 5.92. The van der Waals surface area contributed by atoms with Crippen LogP contribution in [-0.2, 0) is 15.3 Å². The molecule has 15 heavy (non-hydrogen) atoms. The summed E-state index contributed by atoms with van der Waals surface area (Å²) in [7, 11) is -2.49. The highest BCUT2D eigenvalue weighted by Gasteiger charge is 2.13. The van der Waals surface area contributed by atoms with Gasteiger partial charge >= 0.3 is 0 Å². The summed E-state index contributed by atoms with van der Waals surface area (Å²) in [6.45, 7) is 2.02. The van der Waals surface area contributed by atoms with Crippen LogP contribution in [-0.4, -0.2) is 14.2 Å². The topological polar surface area (TPSA) is 34.1 Å². The second kappa shape index (κ2) is 5.24. The lowest BCUT2D eigenvalue weighted by atomic mass is 10.2. The van der Waals surface area contributed by atoms with Crippen molar-refractivity contribution in [2.45, 2.75) is 18.2 Å². The van der Waals surface area contributed by atoms with Gasteiger partial charge in [-0.25, -0.2) is 8.42 Å². The third-order valence-corrected chi connectivity index (χ3v) is 5.22. The van der Waals surface area contributed by atoms with Crippen LogP contribution in [0.15, 0.2) is 29.2 Å². The van der Waals surface area contributed by atoms with Crippen molar-refractivity contribution >= 4 is 19.7 Å². The Hall–Kier alpha value is -0.920. The molecule has 0 aliphatic rings. The summed E-state index contributed by atoms with van der Waals surface area (Å²) in [6, 6.07) is 6.89. The fourth-order valence-electron chi connectivity index (χ4n) is 1.07. The maximum atomic E-state index is 11.7. The van der Waals surface area contributed by atoms with Crippen LogP contribution in [0.2, 0.25) is 0 Å². The molecule has 2 nitrogen and oxygen atoms in total. The molecule has 0 bridgehead atoms. The minimum atomic E-state index is -3.27. The molecular formula is C11H12O2S2. The van der Waals surface area contributed by atoms with E-state index in [0.717, 1.165) is 22.8 Å². The summed E-state index contributed by atoms with van der Waals surface area (Å²) >= 11 is 0. The Morgan fingerprint density at radius 2 is 1.93 bits per heavy atom.